The van der Waals surface area contributed by atoms with E-state index in [1.54, 1.807) is 12.2 Å². The average Bonchev–Trinajstić information content (AvgIpc) is 3.29. The number of aromatic amines is 1. The van der Waals surface area contributed by atoms with E-state index < -0.39 is 0 Å². The molecule has 36 heavy (non-hydrogen) atoms. The molecular weight excluding hydrogens is 470 g/mol. The molecule has 1 aromatic heterocycles. The van der Waals surface area contributed by atoms with Crippen molar-refractivity contribution in [2.75, 3.05) is 19.6 Å². The number of fused-ring (bicyclic) bond motifs is 1. The third-order valence-corrected chi connectivity index (χ3v) is 8.40. The van der Waals surface area contributed by atoms with E-state index in [4.69, 9.17) is 11.6 Å². The third kappa shape index (κ3) is 5.79. The van der Waals surface area contributed by atoms with Crippen molar-refractivity contribution in [2.45, 2.75) is 57.4 Å². The van der Waals surface area contributed by atoms with E-state index in [9.17, 15) is 9.90 Å². The van der Waals surface area contributed by atoms with Gasteiger partial charge in [0.2, 0.25) is 5.91 Å². The van der Waals surface area contributed by atoms with Crippen LogP contribution in [-0.4, -0.2) is 46.6 Å². The lowest BCUT2D eigenvalue weighted by Crippen LogP contribution is -2.41. The van der Waals surface area contributed by atoms with Crippen LogP contribution in [0.2, 0.25) is 5.02 Å². The monoisotopic (exact) mass is 505 g/mol. The lowest BCUT2D eigenvalue weighted by molar-refractivity contribution is -0.117. The average molecular weight is 506 g/mol. The van der Waals surface area contributed by atoms with E-state index in [0.29, 0.717) is 22.6 Å². The molecule has 2 aliphatic rings. The largest absolute Gasteiger partial charge is 0.508 e. The summed E-state index contributed by atoms with van der Waals surface area (Å²) in [7, 11) is 0. The minimum Gasteiger partial charge on any atom is -0.508 e. The fraction of sp³-hybridized carbons (Fsp3) is 0.433. The van der Waals surface area contributed by atoms with Gasteiger partial charge in [-0.05, 0) is 111 Å². The molecule has 1 aliphatic heterocycles. The van der Waals surface area contributed by atoms with Crippen LogP contribution < -0.4 is 5.32 Å². The third-order valence-electron chi connectivity index (χ3n) is 8.06. The zero-order chi connectivity index (χ0) is 25.1. The van der Waals surface area contributed by atoms with Crippen molar-refractivity contribution in [3.63, 3.8) is 0 Å². The number of H-pyrrole nitrogens is 1. The normalized spacial score (nSPS) is 21.8. The summed E-state index contributed by atoms with van der Waals surface area (Å²) in [5.41, 5.74) is 4.45. The van der Waals surface area contributed by atoms with E-state index in [1.165, 1.54) is 23.8 Å². The summed E-state index contributed by atoms with van der Waals surface area (Å²) in [4.78, 5) is 18.4. The molecule has 5 rings (SSSR count). The summed E-state index contributed by atoms with van der Waals surface area (Å²) in [6.07, 6.45) is 12.3. The second kappa shape index (κ2) is 11.1. The number of carbonyl (C=O) groups is 1. The maximum atomic E-state index is 12.4. The number of nitrogens with one attached hydrogen (secondary N) is 2. The van der Waals surface area contributed by atoms with Gasteiger partial charge in [0.05, 0.1) is 0 Å². The predicted molar refractivity (Wildman–Crippen MR) is 147 cm³/mol. The maximum absolute atomic E-state index is 12.4. The van der Waals surface area contributed by atoms with Crippen LogP contribution in [-0.2, 0) is 4.79 Å². The molecule has 1 aliphatic carbocycles. The number of benzene rings is 2. The molecule has 5 nitrogen and oxygen atoms in total. The fourth-order valence-electron chi connectivity index (χ4n) is 6.06. The number of hydrogen-bond acceptors (Lipinski definition) is 3. The number of rotatable bonds is 6. The van der Waals surface area contributed by atoms with Crippen LogP contribution in [0.15, 0.2) is 48.7 Å². The molecule has 3 N–H and O–H groups in total. The molecule has 6 heteroatoms. The van der Waals surface area contributed by atoms with Crippen molar-refractivity contribution >= 4 is 34.5 Å². The Morgan fingerprint density at radius 3 is 2.64 bits per heavy atom. The number of phenols is 1. The first-order chi connectivity index (χ1) is 17.5. The summed E-state index contributed by atoms with van der Waals surface area (Å²) < 4.78 is 0. The molecule has 0 spiro atoms. The summed E-state index contributed by atoms with van der Waals surface area (Å²) in [5, 5.41) is 15.1. The molecule has 0 atom stereocenters. The Balaban J connectivity index is 1.06. The Hall–Kier alpha value is -2.76. The summed E-state index contributed by atoms with van der Waals surface area (Å²) in [6.45, 7) is 5.45. The molecule has 1 amide bonds. The van der Waals surface area contributed by atoms with E-state index in [0.717, 1.165) is 62.0 Å². The Morgan fingerprint density at radius 1 is 1.14 bits per heavy atom. The fourth-order valence-corrected chi connectivity index (χ4v) is 6.26. The van der Waals surface area contributed by atoms with Gasteiger partial charge in [-0.15, -0.1) is 0 Å². The number of carbonyl (C=O) groups excluding carboxylic acids is 1. The first-order valence-electron chi connectivity index (χ1n) is 13.2. The van der Waals surface area contributed by atoms with Crippen molar-refractivity contribution in [3.8, 4) is 5.75 Å². The number of hydrogen-bond donors (Lipinski definition) is 3. The van der Waals surface area contributed by atoms with Crippen LogP contribution in [0.5, 0.6) is 5.75 Å². The van der Waals surface area contributed by atoms with Gasteiger partial charge in [-0.1, -0.05) is 29.8 Å². The number of aryl methyl sites for hydroxylation is 1. The molecule has 0 bridgehead atoms. The topological polar surface area (TPSA) is 68.4 Å². The van der Waals surface area contributed by atoms with Gasteiger partial charge in [0.25, 0.3) is 0 Å². The van der Waals surface area contributed by atoms with Crippen LogP contribution in [0.25, 0.3) is 17.0 Å². The van der Waals surface area contributed by atoms with Gasteiger partial charge in [-0.2, -0.15) is 0 Å². The van der Waals surface area contributed by atoms with Crippen molar-refractivity contribution in [3.05, 3.63) is 70.4 Å². The number of nitrogens with zero attached hydrogens (tertiary/aromatic N) is 1. The highest BCUT2D eigenvalue weighted by atomic mass is 35.5. The summed E-state index contributed by atoms with van der Waals surface area (Å²) in [5.74, 6) is 1.56. The molecule has 2 aromatic carbocycles. The molecule has 1 saturated heterocycles. The zero-order valence-electron chi connectivity index (χ0n) is 21.0. The Morgan fingerprint density at radius 2 is 1.89 bits per heavy atom. The van der Waals surface area contributed by atoms with Crippen LogP contribution in [0, 0.1) is 12.8 Å². The van der Waals surface area contributed by atoms with Crippen molar-refractivity contribution in [1.82, 2.24) is 15.2 Å². The Kier molecular flexibility index (Phi) is 7.68. The SMILES string of the molecule is Cc1cc(O)cc2c(C3CCN(CC4CCC(NC(=O)/C=C/c5ccccc5Cl)CC4)CC3)c[nH]c12. The van der Waals surface area contributed by atoms with E-state index in [1.807, 2.05) is 43.3 Å². The van der Waals surface area contributed by atoms with Gasteiger partial charge < -0.3 is 20.3 Å². The molecule has 1 saturated carbocycles. The number of halogens is 1. The Labute approximate surface area is 218 Å². The first-order valence-corrected chi connectivity index (χ1v) is 13.6. The summed E-state index contributed by atoms with van der Waals surface area (Å²) in [6, 6.07) is 11.5. The number of aromatic nitrogens is 1. The van der Waals surface area contributed by atoms with E-state index in [2.05, 4.69) is 21.4 Å². The molecular formula is C30H36ClN3O2. The van der Waals surface area contributed by atoms with Gasteiger partial charge in [0.1, 0.15) is 5.75 Å². The highest BCUT2D eigenvalue weighted by molar-refractivity contribution is 6.32. The van der Waals surface area contributed by atoms with Gasteiger partial charge in [0.15, 0.2) is 0 Å². The standard InChI is InChI=1S/C30H36ClN3O2/c1-20-16-25(35)17-26-27(18-32-30(20)26)22-12-14-34(15-13-22)19-21-6-9-24(10-7-21)33-29(36)11-8-23-4-2-3-5-28(23)31/h2-5,8,11,16-18,21-22,24,32,35H,6-7,9-10,12-15,19H2,1H3,(H,33,36)/b11-8+. The van der Waals surface area contributed by atoms with E-state index in [-0.39, 0.29) is 11.9 Å². The number of likely N-dealkylation sites (tertiary alicyclic amines) is 1. The van der Waals surface area contributed by atoms with Crippen LogP contribution in [0.4, 0.5) is 0 Å². The molecule has 190 valence electrons. The molecule has 0 unspecified atom stereocenters. The minimum absolute atomic E-state index is 0.0405. The van der Waals surface area contributed by atoms with Crippen LogP contribution >= 0.6 is 11.6 Å². The smallest absolute Gasteiger partial charge is 0.244 e. The highest BCUT2D eigenvalue weighted by Gasteiger charge is 2.27. The van der Waals surface area contributed by atoms with Crippen LogP contribution in [0.3, 0.4) is 0 Å². The second-order valence-electron chi connectivity index (χ2n) is 10.6. The zero-order valence-corrected chi connectivity index (χ0v) is 21.7. The lowest BCUT2D eigenvalue weighted by atomic mass is 9.84. The lowest BCUT2D eigenvalue weighted by Gasteiger charge is -2.36. The van der Waals surface area contributed by atoms with Gasteiger partial charge in [-0.3, -0.25) is 4.79 Å². The first kappa shape index (κ1) is 24.9. The van der Waals surface area contributed by atoms with Crippen molar-refractivity contribution in [1.29, 1.82) is 0 Å². The maximum Gasteiger partial charge on any atom is 0.244 e. The van der Waals surface area contributed by atoms with Crippen molar-refractivity contribution in [2.24, 2.45) is 5.92 Å². The number of amides is 1. The van der Waals surface area contributed by atoms with Crippen molar-refractivity contribution < 1.29 is 9.90 Å². The Bertz CT molecular complexity index is 1230. The van der Waals surface area contributed by atoms with Gasteiger partial charge in [-0.25, -0.2) is 0 Å². The quantitative estimate of drug-likeness (QED) is 0.339. The minimum atomic E-state index is -0.0405. The van der Waals surface area contributed by atoms with Gasteiger partial charge in [0, 0.05) is 40.8 Å². The number of phenolic OH excluding ortho intramolecular Hbond substituents is 1. The van der Waals surface area contributed by atoms with E-state index >= 15 is 0 Å². The molecule has 2 fully saturated rings. The molecule has 2 heterocycles. The number of aromatic hydroxyl groups is 1. The number of piperidine rings is 1. The van der Waals surface area contributed by atoms with Gasteiger partial charge >= 0.3 is 0 Å². The van der Waals surface area contributed by atoms with Crippen LogP contribution in [0.1, 0.15) is 61.1 Å². The highest BCUT2D eigenvalue weighted by Crippen LogP contribution is 2.36. The molecule has 3 aromatic rings. The molecule has 0 radical (unpaired) electrons. The predicted octanol–water partition coefficient (Wildman–Crippen LogP) is 6.40. The second-order valence-corrected chi connectivity index (χ2v) is 11.0. The summed E-state index contributed by atoms with van der Waals surface area (Å²) >= 11 is 6.17.